The maximum absolute atomic E-state index is 5.92. The molecule has 6 nitrogen and oxygen atoms in total. The van der Waals surface area contributed by atoms with E-state index in [-0.39, 0.29) is 6.10 Å². The number of ether oxygens (including phenoxy) is 2. The number of hydrogen-bond donors (Lipinski definition) is 2. The Kier molecular flexibility index (Phi) is 7.00. The summed E-state index contributed by atoms with van der Waals surface area (Å²) >= 11 is 0. The molecule has 0 saturated heterocycles. The second kappa shape index (κ2) is 9.25. The van der Waals surface area contributed by atoms with Crippen molar-refractivity contribution >= 4 is 5.96 Å². The lowest BCUT2D eigenvalue weighted by atomic mass is 10.2. The smallest absolute Gasteiger partial charge is 0.191 e. The molecule has 1 unspecified atom stereocenters. The third-order valence-electron chi connectivity index (χ3n) is 3.69. The highest BCUT2D eigenvalue weighted by molar-refractivity contribution is 5.79. The van der Waals surface area contributed by atoms with Crippen LogP contribution in [0.2, 0.25) is 0 Å². The highest BCUT2D eigenvalue weighted by Gasteiger charge is 2.20. The van der Waals surface area contributed by atoms with E-state index in [4.69, 9.17) is 9.47 Å². The monoisotopic (exact) mass is 320 g/mol. The van der Waals surface area contributed by atoms with Crippen LogP contribution in [0.15, 0.2) is 29.3 Å². The van der Waals surface area contributed by atoms with Crippen LogP contribution in [0.5, 0.6) is 11.5 Å². The van der Waals surface area contributed by atoms with Crippen LogP contribution >= 0.6 is 0 Å². The minimum atomic E-state index is -0.0568. The summed E-state index contributed by atoms with van der Waals surface area (Å²) in [6.45, 7) is 9.02. The van der Waals surface area contributed by atoms with Gasteiger partial charge in [-0.3, -0.25) is 0 Å². The van der Waals surface area contributed by atoms with Crippen LogP contribution in [-0.2, 0) is 0 Å². The molecule has 1 atom stereocenters. The first-order chi connectivity index (χ1) is 11.2. The molecule has 0 aliphatic carbocycles. The molecule has 0 saturated carbocycles. The van der Waals surface area contributed by atoms with Crippen LogP contribution in [0.4, 0.5) is 0 Å². The van der Waals surface area contributed by atoms with Crippen molar-refractivity contribution in [2.75, 3.05) is 46.4 Å². The van der Waals surface area contributed by atoms with Crippen molar-refractivity contribution in [3.05, 3.63) is 24.3 Å². The molecule has 1 aromatic rings. The molecule has 2 rings (SSSR count). The number of rotatable bonds is 7. The molecule has 1 heterocycles. The lowest BCUT2D eigenvalue weighted by Crippen LogP contribution is -2.42. The second-order valence-corrected chi connectivity index (χ2v) is 5.54. The Balaban J connectivity index is 1.83. The lowest BCUT2D eigenvalue weighted by molar-refractivity contribution is 0.0971. The number of benzene rings is 1. The zero-order chi connectivity index (χ0) is 16.5. The van der Waals surface area contributed by atoms with Gasteiger partial charge in [-0.25, -0.2) is 4.99 Å². The number of nitrogens with zero attached hydrogens (tertiary/aromatic N) is 2. The number of fused-ring (bicyclic) bond motifs is 1. The number of aliphatic imine (C=N–C) groups is 1. The van der Waals surface area contributed by atoms with Gasteiger partial charge >= 0.3 is 0 Å². The van der Waals surface area contributed by atoms with Crippen LogP contribution < -0.4 is 20.1 Å². The second-order valence-electron chi connectivity index (χ2n) is 5.54. The van der Waals surface area contributed by atoms with E-state index in [2.05, 4.69) is 41.4 Å². The quantitative estimate of drug-likeness (QED) is 0.586. The summed E-state index contributed by atoms with van der Waals surface area (Å²) < 4.78 is 11.6. The SMILES string of the molecule is CCNC(=NCC1COc2ccccc2O1)NCCN(C)CC. The Bertz CT molecular complexity index is 507. The van der Waals surface area contributed by atoms with Gasteiger partial charge in [-0.1, -0.05) is 19.1 Å². The van der Waals surface area contributed by atoms with Crippen molar-refractivity contribution in [3.63, 3.8) is 0 Å². The first-order valence-corrected chi connectivity index (χ1v) is 8.32. The molecule has 1 aliphatic heterocycles. The highest BCUT2D eigenvalue weighted by Crippen LogP contribution is 2.30. The number of hydrogen-bond acceptors (Lipinski definition) is 4. The molecular formula is C17H28N4O2. The van der Waals surface area contributed by atoms with Gasteiger partial charge in [-0.15, -0.1) is 0 Å². The summed E-state index contributed by atoms with van der Waals surface area (Å²) in [4.78, 5) is 6.86. The average molecular weight is 320 g/mol. The van der Waals surface area contributed by atoms with Crippen LogP contribution in [-0.4, -0.2) is 63.3 Å². The fraction of sp³-hybridized carbons (Fsp3) is 0.588. The van der Waals surface area contributed by atoms with E-state index in [9.17, 15) is 0 Å². The number of likely N-dealkylation sites (N-methyl/N-ethyl adjacent to an activating group) is 1. The molecule has 6 heteroatoms. The van der Waals surface area contributed by atoms with Gasteiger partial charge in [0.15, 0.2) is 23.6 Å². The van der Waals surface area contributed by atoms with Crippen molar-refractivity contribution in [1.82, 2.24) is 15.5 Å². The van der Waals surface area contributed by atoms with E-state index < -0.39 is 0 Å². The largest absolute Gasteiger partial charge is 0.486 e. The topological polar surface area (TPSA) is 58.1 Å². The molecule has 0 aromatic heterocycles. The van der Waals surface area contributed by atoms with Crippen molar-refractivity contribution in [2.24, 2.45) is 4.99 Å². The Morgan fingerprint density at radius 2 is 2.04 bits per heavy atom. The highest BCUT2D eigenvalue weighted by atomic mass is 16.6. The van der Waals surface area contributed by atoms with E-state index in [0.29, 0.717) is 13.2 Å². The Labute approximate surface area is 138 Å². The van der Waals surface area contributed by atoms with Crippen molar-refractivity contribution in [2.45, 2.75) is 20.0 Å². The number of para-hydroxylation sites is 2. The van der Waals surface area contributed by atoms with Crippen molar-refractivity contribution in [3.8, 4) is 11.5 Å². The average Bonchev–Trinajstić information content (AvgIpc) is 2.59. The summed E-state index contributed by atoms with van der Waals surface area (Å²) in [6.07, 6.45) is -0.0568. The van der Waals surface area contributed by atoms with E-state index in [0.717, 1.165) is 43.6 Å². The summed E-state index contributed by atoms with van der Waals surface area (Å²) in [7, 11) is 2.11. The van der Waals surface area contributed by atoms with Crippen molar-refractivity contribution < 1.29 is 9.47 Å². The number of guanidine groups is 1. The molecule has 0 amide bonds. The third kappa shape index (κ3) is 5.63. The predicted molar refractivity (Wildman–Crippen MR) is 93.5 cm³/mol. The van der Waals surface area contributed by atoms with Gasteiger partial charge in [-0.2, -0.15) is 0 Å². The van der Waals surface area contributed by atoms with Crippen LogP contribution in [0, 0.1) is 0 Å². The molecule has 2 N–H and O–H groups in total. The minimum Gasteiger partial charge on any atom is -0.486 e. The molecule has 128 valence electrons. The maximum atomic E-state index is 5.92. The van der Waals surface area contributed by atoms with Crippen LogP contribution in [0.1, 0.15) is 13.8 Å². The Morgan fingerprint density at radius 1 is 1.26 bits per heavy atom. The van der Waals surface area contributed by atoms with E-state index in [1.165, 1.54) is 0 Å². The fourth-order valence-corrected chi connectivity index (χ4v) is 2.21. The molecule has 1 aliphatic rings. The van der Waals surface area contributed by atoms with Crippen LogP contribution in [0.25, 0.3) is 0 Å². The van der Waals surface area contributed by atoms with Gasteiger partial charge in [-0.05, 0) is 32.6 Å². The Morgan fingerprint density at radius 3 is 2.78 bits per heavy atom. The normalized spacial score (nSPS) is 17.2. The predicted octanol–water partition coefficient (Wildman–Crippen LogP) is 1.33. The minimum absolute atomic E-state index is 0.0568. The zero-order valence-electron chi connectivity index (χ0n) is 14.3. The van der Waals surface area contributed by atoms with Gasteiger partial charge in [0.1, 0.15) is 6.61 Å². The molecule has 23 heavy (non-hydrogen) atoms. The van der Waals surface area contributed by atoms with Gasteiger partial charge in [0.2, 0.25) is 0 Å². The Hall–Kier alpha value is -1.95. The summed E-state index contributed by atoms with van der Waals surface area (Å²) in [5, 5.41) is 6.60. The molecule has 0 radical (unpaired) electrons. The fourth-order valence-electron chi connectivity index (χ4n) is 2.21. The molecular weight excluding hydrogens is 292 g/mol. The van der Waals surface area contributed by atoms with E-state index >= 15 is 0 Å². The van der Waals surface area contributed by atoms with Gasteiger partial charge in [0, 0.05) is 19.6 Å². The summed E-state index contributed by atoms with van der Waals surface area (Å²) in [5.74, 6) is 2.42. The first-order valence-electron chi connectivity index (χ1n) is 8.32. The molecule has 0 spiro atoms. The first kappa shape index (κ1) is 17.4. The molecule has 0 fully saturated rings. The third-order valence-corrected chi connectivity index (χ3v) is 3.69. The summed E-state index contributed by atoms with van der Waals surface area (Å²) in [5.41, 5.74) is 0. The van der Waals surface area contributed by atoms with Gasteiger partial charge < -0.3 is 25.0 Å². The van der Waals surface area contributed by atoms with Crippen LogP contribution in [0.3, 0.4) is 0 Å². The molecule has 1 aromatic carbocycles. The molecule has 0 bridgehead atoms. The summed E-state index contributed by atoms with van der Waals surface area (Å²) in [6, 6.07) is 7.74. The van der Waals surface area contributed by atoms with Crippen molar-refractivity contribution in [1.29, 1.82) is 0 Å². The lowest BCUT2D eigenvalue weighted by Gasteiger charge is -2.25. The van der Waals surface area contributed by atoms with E-state index in [1.54, 1.807) is 0 Å². The van der Waals surface area contributed by atoms with Gasteiger partial charge in [0.25, 0.3) is 0 Å². The standard InChI is InChI=1S/C17H28N4O2/c1-4-18-17(19-10-11-21(3)5-2)20-12-14-13-22-15-8-6-7-9-16(15)23-14/h6-9,14H,4-5,10-13H2,1-3H3,(H2,18,19,20). The van der Waals surface area contributed by atoms with Gasteiger partial charge in [0.05, 0.1) is 6.54 Å². The zero-order valence-corrected chi connectivity index (χ0v) is 14.3. The number of nitrogens with one attached hydrogen (secondary N) is 2. The maximum Gasteiger partial charge on any atom is 0.191 e. The van der Waals surface area contributed by atoms with E-state index in [1.807, 2.05) is 24.3 Å².